The molecule has 10 heteroatoms. The number of hydrogen-bond donors (Lipinski definition) is 3. The van der Waals surface area contributed by atoms with Crippen molar-refractivity contribution in [2.75, 3.05) is 11.1 Å². The lowest BCUT2D eigenvalue weighted by Gasteiger charge is -2.07. The topological polar surface area (TPSA) is 138 Å². The van der Waals surface area contributed by atoms with E-state index in [1.807, 2.05) is 0 Å². The number of carbonyl (C=O) groups excluding carboxylic acids is 1. The summed E-state index contributed by atoms with van der Waals surface area (Å²) in [6.45, 7) is 0. The van der Waals surface area contributed by atoms with Crippen LogP contribution >= 0.6 is 11.8 Å². The molecule has 1 heterocycles. The molecule has 0 aliphatic carbocycles. The first-order valence-corrected chi connectivity index (χ1v) is 8.32. The van der Waals surface area contributed by atoms with Crippen LogP contribution < -0.4 is 5.32 Å². The minimum atomic E-state index is -1.13. The average Bonchev–Trinajstić information content (AvgIpc) is 3.02. The Hall–Kier alpha value is -3.40. The maximum absolute atomic E-state index is 12.1. The Labute approximate surface area is 150 Å². The molecule has 0 saturated heterocycles. The molecule has 2 aromatic carbocycles. The number of aromatic carboxylic acids is 1. The number of aromatic amines is 1. The Morgan fingerprint density at radius 2 is 2.04 bits per heavy atom. The molecule has 3 rings (SSSR count). The Bertz CT molecular complexity index is 1020. The van der Waals surface area contributed by atoms with Crippen molar-refractivity contribution < 1.29 is 19.6 Å². The molecule has 3 aromatic rings. The van der Waals surface area contributed by atoms with Gasteiger partial charge in [-0.05, 0) is 18.2 Å². The summed E-state index contributed by atoms with van der Waals surface area (Å²) in [4.78, 5) is 40.7. The van der Waals surface area contributed by atoms with E-state index in [4.69, 9.17) is 5.11 Å². The highest BCUT2D eigenvalue weighted by molar-refractivity contribution is 7.99. The van der Waals surface area contributed by atoms with Crippen molar-refractivity contribution >= 4 is 46.0 Å². The van der Waals surface area contributed by atoms with E-state index in [1.54, 1.807) is 12.1 Å². The maximum atomic E-state index is 12.1. The highest BCUT2D eigenvalue weighted by Crippen LogP contribution is 2.23. The van der Waals surface area contributed by atoms with Gasteiger partial charge >= 0.3 is 5.97 Å². The third-order valence-corrected chi connectivity index (χ3v) is 4.30. The number of nitro groups is 1. The summed E-state index contributed by atoms with van der Waals surface area (Å²) >= 11 is 1.11. The van der Waals surface area contributed by atoms with Crippen LogP contribution in [-0.2, 0) is 4.79 Å². The summed E-state index contributed by atoms with van der Waals surface area (Å²) in [6, 6.07) is 10.4. The van der Waals surface area contributed by atoms with Crippen molar-refractivity contribution in [3.05, 3.63) is 58.1 Å². The van der Waals surface area contributed by atoms with Gasteiger partial charge in [0.15, 0.2) is 5.16 Å². The molecule has 0 unspecified atom stereocenters. The largest absolute Gasteiger partial charge is 0.478 e. The van der Waals surface area contributed by atoms with Crippen molar-refractivity contribution in [1.82, 2.24) is 9.97 Å². The summed E-state index contributed by atoms with van der Waals surface area (Å²) < 4.78 is 0. The van der Waals surface area contributed by atoms with E-state index in [1.165, 1.54) is 30.3 Å². The number of nitrogens with one attached hydrogen (secondary N) is 2. The number of benzene rings is 2. The van der Waals surface area contributed by atoms with Crippen LogP contribution in [0.2, 0.25) is 0 Å². The summed E-state index contributed by atoms with van der Waals surface area (Å²) in [5.74, 6) is -1.53. The Balaban J connectivity index is 1.67. The molecule has 0 fully saturated rings. The number of fused-ring (bicyclic) bond motifs is 1. The lowest BCUT2D eigenvalue weighted by atomic mass is 10.2. The second kappa shape index (κ2) is 7.23. The number of para-hydroxylation sites is 1. The molecule has 26 heavy (non-hydrogen) atoms. The molecule has 0 spiro atoms. The van der Waals surface area contributed by atoms with Crippen molar-refractivity contribution in [3.8, 4) is 0 Å². The second-order valence-electron chi connectivity index (χ2n) is 5.19. The predicted molar refractivity (Wildman–Crippen MR) is 95.5 cm³/mol. The molecule has 0 radical (unpaired) electrons. The van der Waals surface area contributed by atoms with E-state index in [0.29, 0.717) is 16.2 Å². The fraction of sp³-hybridized carbons (Fsp3) is 0.0625. The summed E-state index contributed by atoms with van der Waals surface area (Å²) in [5.41, 5.74) is 1.21. The third-order valence-electron chi connectivity index (χ3n) is 3.43. The predicted octanol–water partition coefficient (Wildman–Crippen LogP) is 2.90. The highest BCUT2D eigenvalue weighted by Gasteiger charge is 2.14. The number of thioether (sulfide) groups is 1. The minimum Gasteiger partial charge on any atom is -0.478 e. The molecule has 0 saturated carbocycles. The fourth-order valence-electron chi connectivity index (χ4n) is 2.25. The molecule has 1 amide bonds. The van der Waals surface area contributed by atoms with Crippen molar-refractivity contribution in [2.45, 2.75) is 5.16 Å². The highest BCUT2D eigenvalue weighted by atomic mass is 32.2. The molecule has 9 nitrogen and oxygen atoms in total. The summed E-state index contributed by atoms with van der Waals surface area (Å²) in [5, 5.41) is 22.9. The normalized spacial score (nSPS) is 10.6. The van der Waals surface area contributed by atoms with Gasteiger partial charge in [-0.3, -0.25) is 14.9 Å². The lowest BCUT2D eigenvalue weighted by Crippen LogP contribution is -2.16. The first-order valence-electron chi connectivity index (χ1n) is 7.33. The van der Waals surface area contributed by atoms with Crippen molar-refractivity contribution in [1.29, 1.82) is 0 Å². The lowest BCUT2D eigenvalue weighted by molar-refractivity contribution is -0.384. The first kappa shape index (κ1) is 17.4. The number of carbonyl (C=O) groups is 2. The van der Waals surface area contributed by atoms with Crippen LogP contribution in [0.4, 0.5) is 11.4 Å². The van der Waals surface area contributed by atoms with E-state index >= 15 is 0 Å². The molecule has 0 aliphatic rings. The van der Waals surface area contributed by atoms with Crippen LogP contribution in [0.3, 0.4) is 0 Å². The maximum Gasteiger partial charge on any atom is 0.337 e. The Morgan fingerprint density at radius 3 is 2.77 bits per heavy atom. The van der Waals surface area contributed by atoms with Gasteiger partial charge in [0.25, 0.3) is 5.69 Å². The number of carboxylic acid groups (broad SMARTS) is 1. The number of hydrogen-bond acceptors (Lipinski definition) is 6. The molecule has 0 atom stereocenters. The number of nitrogens with zero attached hydrogens (tertiary/aromatic N) is 2. The van der Waals surface area contributed by atoms with E-state index < -0.39 is 16.8 Å². The zero-order chi connectivity index (χ0) is 18.7. The van der Waals surface area contributed by atoms with Gasteiger partial charge in [-0.2, -0.15) is 0 Å². The van der Waals surface area contributed by atoms with Crippen LogP contribution in [0.1, 0.15) is 10.4 Å². The second-order valence-corrected chi connectivity index (χ2v) is 6.15. The summed E-state index contributed by atoms with van der Waals surface area (Å²) in [7, 11) is 0. The number of aromatic nitrogens is 2. The zero-order valence-corrected chi connectivity index (χ0v) is 13.9. The van der Waals surface area contributed by atoms with Gasteiger partial charge in [0, 0.05) is 12.1 Å². The number of H-pyrrole nitrogens is 1. The Morgan fingerprint density at radius 1 is 1.27 bits per heavy atom. The third kappa shape index (κ3) is 3.81. The molecule has 0 bridgehead atoms. The SMILES string of the molecule is O=C(CSc1nc2ccc([N+](=O)[O-])cc2[nH]1)Nc1ccccc1C(=O)O. The quantitative estimate of drug-likeness (QED) is 0.343. The molecular weight excluding hydrogens is 360 g/mol. The Kier molecular flexibility index (Phi) is 4.85. The van der Waals surface area contributed by atoms with E-state index in [-0.39, 0.29) is 22.7 Å². The zero-order valence-electron chi connectivity index (χ0n) is 13.1. The number of nitro benzene ring substituents is 1. The molecule has 0 aliphatic heterocycles. The minimum absolute atomic E-state index is 0.00176. The van der Waals surface area contributed by atoms with Crippen LogP contribution in [0.25, 0.3) is 11.0 Å². The van der Waals surface area contributed by atoms with Crippen LogP contribution in [0.15, 0.2) is 47.6 Å². The van der Waals surface area contributed by atoms with Crippen molar-refractivity contribution in [2.24, 2.45) is 0 Å². The van der Waals surface area contributed by atoms with Crippen molar-refractivity contribution in [3.63, 3.8) is 0 Å². The van der Waals surface area contributed by atoms with E-state index in [0.717, 1.165) is 11.8 Å². The van der Waals surface area contributed by atoms with Gasteiger partial charge in [0.1, 0.15) is 0 Å². The number of carboxylic acids is 1. The smallest absolute Gasteiger partial charge is 0.337 e. The summed E-state index contributed by atoms with van der Waals surface area (Å²) in [6.07, 6.45) is 0. The van der Waals surface area contributed by atoms with Gasteiger partial charge < -0.3 is 15.4 Å². The van der Waals surface area contributed by atoms with Gasteiger partial charge in [-0.1, -0.05) is 23.9 Å². The number of amides is 1. The number of anilines is 1. The number of imidazole rings is 1. The van der Waals surface area contributed by atoms with Gasteiger partial charge in [0.05, 0.1) is 33.0 Å². The molecule has 1 aromatic heterocycles. The molecule has 132 valence electrons. The standard InChI is InChI=1S/C16H12N4O5S/c21-14(17-11-4-2-1-3-10(11)15(22)23)8-26-16-18-12-6-5-9(20(24)25)7-13(12)19-16/h1-7H,8H2,(H,17,21)(H,18,19)(H,22,23). The van der Waals surface area contributed by atoms with Crippen LogP contribution in [0.5, 0.6) is 0 Å². The molecule has 3 N–H and O–H groups in total. The average molecular weight is 372 g/mol. The van der Waals surface area contributed by atoms with Gasteiger partial charge in [0.2, 0.25) is 5.91 Å². The number of non-ortho nitro benzene ring substituents is 1. The van der Waals surface area contributed by atoms with E-state index in [9.17, 15) is 19.7 Å². The van der Waals surface area contributed by atoms with E-state index in [2.05, 4.69) is 15.3 Å². The van der Waals surface area contributed by atoms with Crippen LogP contribution in [-0.4, -0.2) is 37.6 Å². The molecular formula is C16H12N4O5S. The fourth-order valence-corrected chi connectivity index (χ4v) is 2.94. The van der Waals surface area contributed by atoms with Crippen LogP contribution in [0, 0.1) is 10.1 Å². The van der Waals surface area contributed by atoms with Gasteiger partial charge in [-0.15, -0.1) is 0 Å². The van der Waals surface area contributed by atoms with Gasteiger partial charge in [-0.25, -0.2) is 9.78 Å². The number of rotatable bonds is 6. The monoisotopic (exact) mass is 372 g/mol. The first-order chi connectivity index (χ1) is 12.4.